The van der Waals surface area contributed by atoms with Crippen molar-refractivity contribution in [3.8, 4) is 0 Å². The lowest BCUT2D eigenvalue weighted by Gasteiger charge is -2.17. The number of amides is 1. The van der Waals surface area contributed by atoms with Crippen LogP contribution in [0.15, 0.2) is 22.7 Å². The Morgan fingerprint density at radius 1 is 1.56 bits per heavy atom. The SMILES string of the molecule is CNCCN(C)C(=O)c1cc([N+](=O)[O-])ccc1Br. The summed E-state index contributed by atoms with van der Waals surface area (Å²) in [6, 6.07) is 4.15. The third kappa shape index (κ3) is 3.51. The summed E-state index contributed by atoms with van der Waals surface area (Å²) in [6.45, 7) is 1.19. The number of carbonyl (C=O) groups excluding carboxylic acids is 1. The van der Waals surface area contributed by atoms with Crippen LogP contribution in [0.2, 0.25) is 0 Å². The summed E-state index contributed by atoms with van der Waals surface area (Å²) in [6.07, 6.45) is 0. The minimum absolute atomic E-state index is 0.0939. The fourth-order valence-electron chi connectivity index (χ4n) is 1.38. The van der Waals surface area contributed by atoms with Gasteiger partial charge in [0.05, 0.1) is 10.5 Å². The van der Waals surface area contributed by atoms with E-state index in [0.29, 0.717) is 23.1 Å². The molecular formula is C11H14BrN3O3. The van der Waals surface area contributed by atoms with Gasteiger partial charge in [-0.2, -0.15) is 0 Å². The normalized spacial score (nSPS) is 10.2. The van der Waals surface area contributed by atoms with E-state index in [0.717, 1.165) is 0 Å². The van der Waals surface area contributed by atoms with E-state index in [1.807, 2.05) is 0 Å². The maximum absolute atomic E-state index is 12.1. The first-order valence-electron chi connectivity index (χ1n) is 5.31. The molecule has 0 aliphatic rings. The first kappa shape index (κ1) is 14.6. The van der Waals surface area contributed by atoms with Crippen LogP contribution in [0.1, 0.15) is 10.4 Å². The van der Waals surface area contributed by atoms with E-state index in [4.69, 9.17) is 0 Å². The summed E-state index contributed by atoms with van der Waals surface area (Å²) in [7, 11) is 3.45. The molecule has 7 heteroatoms. The van der Waals surface area contributed by atoms with Gasteiger partial charge in [-0.25, -0.2) is 0 Å². The van der Waals surface area contributed by atoms with E-state index in [1.54, 1.807) is 14.1 Å². The number of likely N-dealkylation sites (N-methyl/N-ethyl adjacent to an activating group) is 2. The van der Waals surface area contributed by atoms with Gasteiger partial charge in [0.15, 0.2) is 0 Å². The number of hydrogen-bond acceptors (Lipinski definition) is 4. The fraction of sp³-hybridized carbons (Fsp3) is 0.364. The summed E-state index contributed by atoms with van der Waals surface area (Å²) >= 11 is 3.23. The molecule has 0 saturated heterocycles. The van der Waals surface area contributed by atoms with Gasteiger partial charge in [0, 0.05) is 36.7 Å². The second-order valence-electron chi connectivity index (χ2n) is 3.75. The van der Waals surface area contributed by atoms with Crippen LogP contribution in [-0.4, -0.2) is 42.9 Å². The van der Waals surface area contributed by atoms with Crippen LogP contribution >= 0.6 is 15.9 Å². The smallest absolute Gasteiger partial charge is 0.270 e. The molecule has 1 aromatic rings. The Balaban J connectivity index is 2.97. The molecule has 0 heterocycles. The van der Waals surface area contributed by atoms with E-state index in [1.165, 1.54) is 23.1 Å². The molecule has 0 aliphatic carbocycles. The summed E-state index contributed by atoms with van der Waals surface area (Å²) < 4.78 is 0.550. The lowest BCUT2D eigenvalue weighted by molar-refractivity contribution is -0.384. The molecule has 0 saturated carbocycles. The summed E-state index contributed by atoms with van der Waals surface area (Å²) in [4.78, 5) is 23.8. The number of non-ortho nitro benzene ring substituents is 1. The summed E-state index contributed by atoms with van der Waals surface area (Å²) in [5.74, 6) is -0.249. The monoisotopic (exact) mass is 315 g/mol. The van der Waals surface area contributed by atoms with Gasteiger partial charge in [-0.3, -0.25) is 14.9 Å². The predicted octanol–water partition coefficient (Wildman–Crippen LogP) is 1.65. The maximum Gasteiger partial charge on any atom is 0.270 e. The number of benzene rings is 1. The Hall–Kier alpha value is -1.47. The molecular weight excluding hydrogens is 302 g/mol. The number of nitro benzene ring substituents is 1. The molecule has 0 atom stereocenters. The molecule has 1 rings (SSSR count). The van der Waals surface area contributed by atoms with Crippen LogP contribution < -0.4 is 5.32 Å². The van der Waals surface area contributed by atoms with Gasteiger partial charge < -0.3 is 10.2 Å². The van der Waals surface area contributed by atoms with Crippen molar-refractivity contribution >= 4 is 27.5 Å². The van der Waals surface area contributed by atoms with Gasteiger partial charge >= 0.3 is 0 Å². The van der Waals surface area contributed by atoms with Crippen LogP contribution in [0, 0.1) is 10.1 Å². The van der Waals surface area contributed by atoms with Crippen LogP contribution in [0.4, 0.5) is 5.69 Å². The van der Waals surface area contributed by atoms with Gasteiger partial charge in [0.25, 0.3) is 11.6 Å². The van der Waals surface area contributed by atoms with Crippen LogP contribution in [-0.2, 0) is 0 Å². The van der Waals surface area contributed by atoms with E-state index in [9.17, 15) is 14.9 Å². The number of rotatable bonds is 5. The molecule has 1 N–H and O–H groups in total. The van der Waals surface area contributed by atoms with Gasteiger partial charge in [0.2, 0.25) is 0 Å². The number of carbonyl (C=O) groups is 1. The zero-order valence-electron chi connectivity index (χ0n) is 10.1. The lowest BCUT2D eigenvalue weighted by Crippen LogP contribution is -2.33. The van der Waals surface area contributed by atoms with Crippen molar-refractivity contribution in [1.29, 1.82) is 0 Å². The van der Waals surface area contributed by atoms with Crippen LogP contribution in [0.25, 0.3) is 0 Å². The van der Waals surface area contributed by atoms with Crippen LogP contribution in [0.5, 0.6) is 0 Å². The van der Waals surface area contributed by atoms with Crippen LogP contribution in [0.3, 0.4) is 0 Å². The average Bonchev–Trinajstić information content (AvgIpc) is 2.35. The van der Waals surface area contributed by atoms with Gasteiger partial charge in [0.1, 0.15) is 0 Å². The molecule has 1 amide bonds. The maximum atomic E-state index is 12.1. The molecule has 0 radical (unpaired) electrons. The Morgan fingerprint density at radius 2 is 2.22 bits per heavy atom. The third-order valence-electron chi connectivity index (χ3n) is 2.44. The molecule has 0 spiro atoms. The van der Waals surface area contributed by atoms with E-state index in [-0.39, 0.29) is 11.6 Å². The largest absolute Gasteiger partial charge is 0.340 e. The van der Waals surface area contributed by atoms with Crippen molar-refractivity contribution in [1.82, 2.24) is 10.2 Å². The zero-order chi connectivity index (χ0) is 13.7. The first-order valence-corrected chi connectivity index (χ1v) is 6.10. The average molecular weight is 316 g/mol. The van der Waals surface area contributed by atoms with Crippen molar-refractivity contribution in [2.45, 2.75) is 0 Å². The van der Waals surface area contributed by atoms with Gasteiger partial charge in [-0.15, -0.1) is 0 Å². The quantitative estimate of drug-likeness (QED) is 0.662. The van der Waals surface area contributed by atoms with Crippen molar-refractivity contribution in [2.75, 3.05) is 27.2 Å². The molecule has 98 valence electrons. The lowest BCUT2D eigenvalue weighted by atomic mass is 10.2. The molecule has 18 heavy (non-hydrogen) atoms. The molecule has 1 aromatic carbocycles. The Bertz CT molecular complexity index is 465. The number of nitrogens with zero attached hydrogens (tertiary/aromatic N) is 2. The topological polar surface area (TPSA) is 75.5 Å². The van der Waals surface area contributed by atoms with E-state index >= 15 is 0 Å². The number of nitro groups is 1. The number of hydrogen-bond donors (Lipinski definition) is 1. The highest BCUT2D eigenvalue weighted by Gasteiger charge is 2.18. The highest BCUT2D eigenvalue weighted by molar-refractivity contribution is 9.10. The number of halogens is 1. The summed E-state index contributed by atoms with van der Waals surface area (Å²) in [5, 5.41) is 13.6. The highest BCUT2D eigenvalue weighted by Crippen LogP contribution is 2.23. The van der Waals surface area contributed by atoms with Crippen molar-refractivity contribution in [3.05, 3.63) is 38.3 Å². The van der Waals surface area contributed by atoms with E-state index in [2.05, 4.69) is 21.2 Å². The Kier molecular flexibility index (Phi) is 5.24. The minimum atomic E-state index is -0.517. The zero-order valence-corrected chi connectivity index (χ0v) is 11.7. The third-order valence-corrected chi connectivity index (χ3v) is 3.13. The minimum Gasteiger partial charge on any atom is -0.340 e. The van der Waals surface area contributed by atoms with Crippen molar-refractivity contribution in [2.24, 2.45) is 0 Å². The second kappa shape index (κ2) is 6.46. The highest BCUT2D eigenvalue weighted by atomic mass is 79.9. The van der Waals surface area contributed by atoms with Crippen molar-refractivity contribution < 1.29 is 9.72 Å². The first-order chi connectivity index (χ1) is 8.47. The second-order valence-corrected chi connectivity index (χ2v) is 4.61. The predicted molar refractivity (Wildman–Crippen MR) is 71.7 cm³/mol. The summed E-state index contributed by atoms with van der Waals surface area (Å²) in [5.41, 5.74) is 0.200. The molecule has 0 aliphatic heterocycles. The van der Waals surface area contributed by atoms with E-state index < -0.39 is 4.92 Å². The fourth-order valence-corrected chi connectivity index (χ4v) is 1.79. The molecule has 0 unspecified atom stereocenters. The van der Waals surface area contributed by atoms with Crippen molar-refractivity contribution in [3.63, 3.8) is 0 Å². The molecule has 0 aromatic heterocycles. The molecule has 0 fully saturated rings. The van der Waals surface area contributed by atoms with Gasteiger partial charge in [-0.05, 0) is 29.0 Å². The molecule has 0 bridgehead atoms. The Morgan fingerprint density at radius 3 is 2.78 bits per heavy atom. The van der Waals surface area contributed by atoms with Gasteiger partial charge in [-0.1, -0.05) is 0 Å². The standard InChI is InChI=1S/C11H14BrN3O3/c1-13-5-6-14(2)11(16)9-7-8(15(17)18)3-4-10(9)12/h3-4,7,13H,5-6H2,1-2H3. The molecule has 6 nitrogen and oxygen atoms in total. The Labute approximate surface area is 113 Å². The number of nitrogens with one attached hydrogen (secondary N) is 1.